The lowest BCUT2D eigenvalue weighted by atomic mass is 9.99. The van der Waals surface area contributed by atoms with Crippen LogP contribution in [0, 0.1) is 5.82 Å². The fourth-order valence-corrected chi connectivity index (χ4v) is 2.76. The summed E-state index contributed by atoms with van der Waals surface area (Å²) in [5, 5.41) is 8.82. The summed E-state index contributed by atoms with van der Waals surface area (Å²) < 4.78 is 13.9. The van der Waals surface area contributed by atoms with Crippen molar-refractivity contribution in [3.05, 3.63) is 35.1 Å². The van der Waals surface area contributed by atoms with Gasteiger partial charge in [-0.1, -0.05) is 19.4 Å². The number of rotatable bonds is 4. The molecule has 0 saturated carbocycles. The first kappa shape index (κ1) is 14.0. The van der Waals surface area contributed by atoms with Crippen molar-refractivity contribution in [2.75, 3.05) is 6.54 Å². The van der Waals surface area contributed by atoms with E-state index in [1.165, 1.54) is 18.9 Å². The van der Waals surface area contributed by atoms with Crippen LogP contribution in [-0.2, 0) is 6.54 Å². The van der Waals surface area contributed by atoms with Crippen LogP contribution in [0.25, 0.3) is 0 Å². The minimum atomic E-state index is -1.09. The second-order valence-electron chi connectivity index (χ2n) is 5.14. The summed E-state index contributed by atoms with van der Waals surface area (Å²) in [5.74, 6) is -1.50. The quantitative estimate of drug-likeness (QED) is 0.908. The molecule has 0 amide bonds. The van der Waals surface area contributed by atoms with Gasteiger partial charge in [-0.15, -0.1) is 0 Å². The normalized spacial score (nSPS) is 20.4. The van der Waals surface area contributed by atoms with Gasteiger partial charge in [0.15, 0.2) is 0 Å². The van der Waals surface area contributed by atoms with Gasteiger partial charge in [0.25, 0.3) is 0 Å². The number of hydrogen-bond acceptors (Lipinski definition) is 2. The van der Waals surface area contributed by atoms with E-state index >= 15 is 0 Å². The maximum Gasteiger partial charge on any atom is 0.335 e. The second-order valence-corrected chi connectivity index (χ2v) is 5.14. The van der Waals surface area contributed by atoms with Crippen LogP contribution in [-0.4, -0.2) is 28.6 Å². The third-order valence-corrected chi connectivity index (χ3v) is 3.89. The van der Waals surface area contributed by atoms with Crippen LogP contribution < -0.4 is 0 Å². The van der Waals surface area contributed by atoms with E-state index in [4.69, 9.17) is 5.11 Å². The first-order valence-corrected chi connectivity index (χ1v) is 6.87. The summed E-state index contributed by atoms with van der Waals surface area (Å²) in [6, 6.07) is 4.71. The Balaban J connectivity index is 2.11. The average molecular weight is 265 g/mol. The fraction of sp³-hybridized carbons (Fsp3) is 0.533. The summed E-state index contributed by atoms with van der Waals surface area (Å²) in [6.45, 7) is 3.73. The number of likely N-dealkylation sites (tertiary alicyclic amines) is 1. The summed E-state index contributed by atoms with van der Waals surface area (Å²) in [6.07, 6.45) is 4.65. The van der Waals surface area contributed by atoms with Crippen molar-refractivity contribution in [2.24, 2.45) is 0 Å². The Morgan fingerprint density at radius 3 is 2.89 bits per heavy atom. The number of piperidine rings is 1. The zero-order valence-corrected chi connectivity index (χ0v) is 11.2. The topological polar surface area (TPSA) is 40.5 Å². The molecule has 19 heavy (non-hydrogen) atoms. The third kappa shape index (κ3) is 3.32. The van der Waals surface area contributed by atoms with E-state index in [1.807, 2.05) is 0 Å². The summed E-state index contributed by atoms with van der Waals surface area (Å²) >= 11 is 0. The third-order valence-electron chi connectivity index (χ3n) is 3.89. The van der Waals surface area contributed by atoms with Gasteiger partial charge in [0.05, 0.1) is 5.56 Å². The number of halogens is 1. The Bertz CT molecular complexity index is 461. The molecule has 1 fully saturated rings. The molecule has 4 heteroatoms. The molecule has 1 atom stereocenters. The van der Waals surface area contributed by atoms with Crippen LogP contribution in [0.3, 0.4) is 0 Å². The predicted octanol–water partition coefficient (Wildman–Crippen LogP) is 3.29. The van der Waals surface area contributed by atoms with Crippen molar-refractivity contribution in [3.8, 4) is 0 Å². The molecule has 0 aliphatic carbocycles. The van der Waals surface area contributed by atoms with Gasteiger partial charge < -0.3 is 5.11 Å². The molecule has 1 saturated heterocycles. The molecule has 1 aliphatic rings. The zero-order valence-electron chi connectivity index (χ0n) is 11.2. The largest absolute Gasteiger partial charge is 0.478 e. The summed E-state index contributed by atoms with van der Waals surface area (Å²) in [5.41, 5.74) is 0.595. The number of nitrogens with zero attached hydrogens (tertiary/aromatic N) is 1. The fourth-order valence-electron chi connectivity index (χ4n) is 2.76. The van der Waals surface area contributed by atoms with Gasteiger partial charge in [0.1, 0.15) is 5.82 Å². The molecule has 1 heterocycles. The molecular formula is C15H20FNO2. The number of aromatic carboxylic acids is 1. The lowest BCUT2D eigenvalue weighted by molar-refractivity contribution is 0.0696. The van der Waals surface area contributed by atoms with Crippen molar-refractivity contribution in [2.45, 2.75) is 45.2 Å². The van der Waals surface area contributed by atoms with Gasteiger partial charge in [-0.25, -0.2) is 9.18 Å². The molecule has 3 nitrogen and oxygen atoms in total. The average Bonchev–Trinajstić information content (AvgIpc) is 2.41. The molecule has 1 unspecified atom stereocenters. The Hall–Kier alpha value is -1.42. The van der Waals surface area contributed by atoms with E-state index < -0.39 is 11.8 Å². The van der Waals surface area contributed by atoms with Gasteiger partial charge in [-0.3, -0.25) is 4.90 Å². The van der Waals surface area contributed by atoms with Crippen LogP contribution in [0.1, 0.15) is 48.5 Å². The molecule has 0 bridgehead atoms. The standard InChI is InChI=1S/C15H20FNO2/c1-2-13-5-3-4-8-17(13)10-12-7-6-11(15(18)19)9-14(12)16/h6-7,9,13H,2-5,8,10H2,1H3,(H,18,19). The van der Waals surface area contributed by atoms with E-state index in [-0.39, 0.29) is 5.56 Å². The lowest BCUT2D eigenvalue weighted by Gasteiger charge is -2.35. The number of carboxylic acid groups (broad SMARTS) is 1. The van der Waals surface area contributed by atoms with Gasteiger partial charge in [0.2, 0.25) is 0 Å². The maximum absolute atomic E-state index is 13.9. The molecule has 104 valence electrons. The van der Waals surface area contributed by atoms with Crippen molar-refractivity contribution >= 4 is 5.97 Å². The first-order chi connectivity index (χ1) is 9.11. The van der Waals surface area contributed by atoms with Crippen LogP contribution in [0.4, 0.5) is 4.39 Å². The number of benzene rings is 1. The van der Waals surface area contributed by atoms with Gasteiger partial charge in [-0.2, -0.15) is 0 Å². The minimum absolute atomic E-state index is 0.00642. The van der Waals surface area contributed by atoms with Crippen molar-refractivity contribution in [1.29, 1.82) is 0 Å². The summed E-state index contributed by atoms with van der Waals surface area (Å²) in [4.78, 5) is 13.1. The Labute approximate surface area is 113 Å². The maximum atomic E-state index is 13.9. The smallest absolute Gasteiger partial charge is 0.335 e. The highest BCUT2D eigenvalue weighted by Gasteiger charge is 2.21. The van der Waals surface area contributed by atoms with Crippen LogP contribution in [0.5, 0.6) is 0 Å². The predicted molar refractivity (Wildman–Crippen MR) is 71.7 cm³/mol. The Morgan fingerprint density at radius 1 is 1.47 bits per heavy atom. The van der Waals surface area contributed by atoms with Crippen molar-refractivity contribution in [1.82, 2.24) is 4.90 Å². The first-order valence-electron chi connectivity index (χ1n) is 6.87. The van der Waals surface area contributed by atoms with Gasteiger partial charge in [-0.05, 0) is 37.9 Å². The summed E-state index contributed by atoms with van der Waals surface area (Å²) in [7, 11) is 0. The monoisotopic (exact) mass is 265 g/mol. The molecular weight excluding hydrogens is 245 g/mol. The number of carboxylic acids is 1. The molecule has 2 rings (SSSR count). The highest BCUT2D eigenvalue weighted by molar-refractivity contribution is 5.87. The molecule has 0 radical (unpaired) electrons. The minimum Gasteiger partial charge on any atom is -0.478 e. The lowest BCUT2D eigenvalue weighted by Crippen LogP contribution is -2.38. The van der Waals surface area contributed by atoms with Gasteiger partial charge >= 0.3 is 5.97 Å². The Kier molecular flexibility index (Phi) is 4.53. The van der Waals surface area contributed by atoms with Crippen LogP contribution >= 0.6 is 0 Å². The molecule has 0 spiro atoms. The highest BCUT2D eigenvalue weighted by atomic mass is 19.1. The van der Waals surface area contributed by atoms with E-state index in [9.17, 15) is 9.18 Å². The van der Waals surface area contributed by atoms with Crippen LogP contribution in [0.15, 0.2) is 18.2 Å². The molecule has 0 aromatic heterocycles. The molecule has 1 aromatic rings. The second kappa shape index (κ2) is 6.15. The molecule has 1 N–H and O–H groups in total. The van der Waals surface area contributed by atoms with Gasteiger partial charge in [0, 0.05) is 18.2 Å². The van der Waals surface area contributed by atoms with E-state index in [0.29, 0.717) is 18.2 Å². The molecule has 1 aliphatic heterocycles. The number of hydrogen-bond donors (Lipinski definition) is 1. The molecule has 1 aromatic carbocycles. The Morgan fingerprint density at radius 2 is 2.26 bits per heavy atom. The van der Waals surface area contributed by atoms with E-state index in [2.05, 4.69) is 11.8 Å². The SMILES string of the molecule is CCC1CCCCN1Cc1ccc(C(=O)O)cc1F. The van der Waals surface area contributed by atoms with E-state index in [1.54, 1.807) is 6.07 Å². The van der Waals surface area contributed by atoms with Crippen LogP contribution in [0.2, 0.25) is 0 Å². The van der Waals surface area contributed by atoms with Crippen molar-refractivity contribution < 1.29 is 14.3 Å². The zero-order chi connectivity index (χ0) is 13.8. The highest BCUT2D eigenvalue weighted by Crippen LogP contribution is 2.23. The van der Waals surface area contributed by atoms with Crippen molar-refractivity contribution in [3.63, 3.8) is 0 Å². The number of carbonyl (C=O) groups is 1. The van der Waals surface area contributed by atoms with E-state index in [0.717, 1.165) is 25.5 Å².